The summed E-state index contributed by atoms with van der Waals surface area (Å²) in [5, 5.41) is 14.0. The van der Waals surface area contributed by atoms with Gasteiger partial charge in [0.25, 0.3) is 11.8 Å². The van der Waals surface area contributed by atoms with Crippen molar-refractivity contribution < 1.29 is 14.3 Å². The van der Waals surface area contributed by atoms with Crippen LogP contribution in [0.25, 0.3) is 22.0 Å². The van der Waals surface area contributed by atoms with Gasteiger partial charge < -0.3 is 15.4 Å². The molecule has 0 unspecified atom stereocenters. The molecule has 4 aromatic rings. The number of carbonyl (C=O) groups is 2. The van der Waals surface area contributed by atoms with Crippen LogP contribution in [0.1, 0.15) is 58.5 Å². The third-order valence-electron chi connectivity index (χ3n) is 6.59. The summed E-state index contributed by atoms with van der Waals surface area (Å²) in [6.45, 7) is 3.38. The molecule has 2 amide bonds. The second-order valence-corrected chi connectivity index (χ2v) is 9.05. The number of aromatic nitrogens is 3. The predicted octanol–water partition coefficient (Wildman–Crippen LogP) is 4.41. The molecule has 8 nitrogen and oxygen atoms in total. The van der Waals surface area contributed by atoms with Crippen molar-refractivity contribution >= 4 is 22.7 Å². The molecule has 1 atom stereocenters. The van der Waals surface area contributed by atoms with Gasteiger partial charge in [-0.1, -0.05) is 19.1 Å². The number of hydrogen-bond acceptors (Lipinski definition) is 5. The van der Waals surface area contributed by atoms with Gasteiger partial charge in [-0.05, 0) is 66.8 Å². The smallest absolute Gasteiger partial charge is 0.251 e. The van der Waals surface area contributed by atoms with Crippen LogP contribution in [0.5, 0.6) is 0 Å². The average Bonchev–Trinajstić information content (AvgIpc) is 3.40. The van der Waals surface area contributed by atoms with Gasteiger partial charge in [-0.25, -0.2) is 0 Å². The molecule has 36 heavy (non-hydrogen) atoms. The number of benzene rings is 2. The molecule has 5 rings (SSSR count). The van der Waals surface area contributed by atoms with Crippen molar-refractivity contribution in [3.63, 3.8) is 0 Å². The fraction of sp³-hybridized carbons (Fsp3) is 0.286. The summed E-state index contributed by atoms with van der Waals surface area (Å²) in [5.74, 6) is -0.233. The number of H-pyrrole nitrogens is 1. The molecular formula is C28H29N5O3. The molecule has 2 aromatic carbocycles. The zero-order valence-corrected chi connectivity index (χ0v) is 20.2. The minimum Gasteiger partial charge on any atom is -0.381 e. The van der Waals surface area contributed by atoms with E-state index in [1.807, 2.05) is 49.4 Å². The van der Waals surface area contributed by atoms with Gasteiger partial charge in [-0.15, -0.1) is 0 Å². The fourth-order valence-corrected chi connectivity index (χ4v) is 4.50. The van der Waals surface area contributed by atoms with Crippen molar-refractivity contribution in [3.05, 3.63) is 83.8 Å². The van der Waals surface area contributed by atoms with Gasteiger partial charge in [0, 0.05) is 53.7 Å². The standard InChI is InChI=1S/C28H29N5O3/c1-2-25(32-28(35)20-6-7-26-23(13-20)17-30-33-26)22-14-21(15-29-16-22)18-4-3-5-19(12-18)27(34)31-24-8-10-36-11-9-24/h3-7,12-17,24-25H,2,8-11H2,1H3,(H,30,33)(H,31,34)(H,32,35)/t25-/m1/s1. The van der Waals surface area contributed by atoms with Gasteiger partial charge in [0.2, 0.25) is 0 Å². The Bertz CT molecular complexity index is 1380. The maximum atomic E-state index is 13.0. The Balaban J connectivity index is 1.32. The number of ether oxygens (including phenoxy) is 1. The van der Waals surface area contributed by atoms with Crippen LogP contribution in [0.3, 0.4) is 0 Å². The number of nitrogens with zero attached hydrogens (tertiary/aromatic N) is 2. The minimum atomic E-state index is -0.204. The highest BCUT2D eigenvalue weighted by molar-refractivity contribution is 5.98. The first-order chi connectivity index (χ1) is 17.6. The number of pyridine rings is 1. The molecule has 1 aliphatic rings. The average molecular weight is 484 g/mol. The number of hydrogen-bond donors (Lipinski definition) is 3. The Morgan fingerprint density at radius 1 is 1.00 bits per heavy atom. The van der Waals surface area contributed by atoms with Gasteiger partial charge in [0.1, 0.15) is 0 Å². The van der Waals surface area contributed by atoms with E-state index in [1.54, 1.807) is 24.7 Å². The summed E-state index contributed by atoms with van der Waals surface area (Å²) in [4.78, 5) is 30.2. The van der Waals surface area contributed by atoms with Crippen molar-refractivity contribution in [2.75, 3.05) is 13.2 Å². The van der Waals surface area contributed by atoms with E-state index >= 15 is 0 Å². The Morgan fingerprint density at radius 2 is 1.83 bits per heavy atom. The monoisotopic (exact) mass is 483 g/mol. The van der Waals surface area contributed by atoms with Crippen LogP contribution in [0, 0.1) is 0 Å². The van der Waals surface area contributed by atoms with Crippen LogP contribution in [-0.2, 0) is 4.74 Å². The Morgan fingerprint density at radius 3 is 2.67 bits per heavy atom. The van der Waals surface area contributed by atoms with Crippen LogP contribution >= 0.6 is 0 Å². The van der Waals surface area contributed by atoms with E-state index in [4.69, 9.17) is 4.74 Å². The molecule has 0 spiro atoms. The summed E-state index contributed by atoms with van der Waals surface area (Å²) in [6.07, 6.45) is 7.63. The van der Waals surface area contributed by atoms with E-state index in [-0.39, 0.29) is 23.9 Å². The molecule has 1 aliphatic heterocycles. The number of rotatable bonds is 7. The summed E-state index contributed by atoms with van der Waals surface area (Å²) in [5.41, 5.74) is 4.77. The fourth-order valence-electron chi connectivity index (χ4n) is 4.50. The maximum absolute atomic E-state index is 13.0. The first-order valence-electron chi connectivity index (χ1n) is 12.3. The van der Waals surface area contributed by atoms with E-state index in [0.29, 0.717) is 30.8 Å². The number of amides is 2. The van der Waals surface area contributed by atoms with Gasteiger partial charge in [0.15, 0.2) is 0 Å². The van der Waals surface area contributed by atoms with Gasteiger partial charge in [0.05, 0.1) is 17.8 Å². The number of aromatic amines is 1. The maximum Gasteiger partial charge on any atom is 0.251 e. The molecule has 3 N–H and O–H groups in total. The van der Waals surface area contributed by atoms with Crippen LogP contribution in [-0.4, -0.2) is 46.3 Å². The normalized spacial score (nSPS) is 14.9. The molecule has 184 valence electrons. The second kappa shape index (κ2) is 10.7. The van der Waals surface area contributed by atoms with Crippen molar-refractivity contribution in [1.82, 2.24) is 25.8 Å². The largest absolute Gasteiger partial charge is 0.381 e. The highest BCUT2D eigenvalue weighted by Crippen LogP contribution is 2.25. The lowest BCUT2D eigenvalue weighted by Gasteiger charge is -2.23. The summed E-state index contributed by atoms with van der Waals surface area (Å²) in [7, 11) is 0. The van der Waals surface area contributed by atoms with Crippen LogP contribution in [0.15, 0.2) is 67.1 Å². The SMILES string of the molecule is CC[C@@H](NC(=O)c1ccc2[nH]ncc2c1)c1cncc(-c2cccc(C(=O)NC3CCOCC3)c2)c1. The first kappa shape index (κ1) is 23.7. The molecule has 0 aliphatic carbocycles. The molecule has 3 heterocycles. The number of fused-ring (bicyclic) bond motifs is 1. The molecule has 1 fully saturated rings. The van der Waals surface area contributed by atoms with E-state index in [0.717, 1.165) is 40.4 Å². The summed E-state index contributed by atoms with van der Waals surface area (Å²) < 4.78 is 5.38. The lowest BCUT2D eigenvalue weighted by atomic mass is 9.99. The molecule has 8 heteroatoms. The lowest BCUT2D eigenvalue weighted by Crippen LogP contribution is -2.38. The Hall–Kier alpha value is -4.04. The van der Waals surface area contributed by atoms with Crippen LogP contribution in [0.4, 0.5) is 0 Å². The van der Waals surface area contributed by atoms with Crippen molar-refractivity contribution in [2.45, 2.75) is 38.3 Å². The third-order valence-corrected chi connectivity index (χ3v) is 6.59. The van der Waals surface area contributed by atoms with Gasteiger partial charge in [-0.3, -0.25) is 19.7 Å². The second-order valence-electron chi connectivity index (χ2n) is 9.05. The predicted molar refractivity (Wildman–Crippen MR) is 138 cm³/mol. The number of nitrogens with one attached hydrogen (secondary N) is 3. The Kier molecular flexibility index (Phi) is 7.04. The van der Waals surface area contributed by atoms with Crippen molar-refractivity contribution in [1.29, 1.82) is 0 Å². The molecule has 0 radical (unpaired) electrons. The molecule has 2 aromatic heterocycles. The van der Waals surface area contributed by atoms with E-state index in [9.17, 15) is 9.59 Å². The topological polar surface area (TPSA) is 109 Å². The summed E-state index contributed by atoms with van der Waals surface area (Å²) in [6, 6.07) is 15.0. The van der Waals surface area contributed by atoms with E-state index in [1.165, 1.54) is 0 Å². The zero-order chi connectivity index (χ0) is 24.9. The molecular weight excluding hydrogens is 454 g/mol. The molecule has 0 saturated carbocycles. The Labute approximate surface area is 209 Å². The van der Waals surface area contributed by atoms with E-state index in [2.05, 4.69) is 25.8 Å². The van der Waals surface area contributed by atoms with Crippen LogP contribution < -0.4 is 10.6 Å². The van der Waals surface area contributed by atoms with Gasteiger partial charge in [-0.2, -0.15) is 5.10 Å². The van der Waals surface area contributed by atoms with E-state index < -0.39 is 0 Å². The first-order valence-corrected chi connectivity index (χ1v) is 12.3. The van der Waals surface area contributed by atoms with Crippen molar-refractivity contribution in [3.8, 4) is 11.1 Å². The highest BCUT2D eigenvalue weighted by atomic mass is 16.5. The quantitative estimate of drug-likeness (QED) is 0.361. The van der Waals surface area contributed by atoms with Crippen LogP contribution in [0.2, 0.25) is 0 Å². The minimum absolute atomic E-state index is 0.0823. The molecule has 1 saturated heterocycles. The molecule has 0 bridgehead atoms. The third kappa shape index (κ3) is 5.28. The number of carbonyl (C=O) groups excluding carboxylic acids is 2. The van der Waals surface area contributed by atoms with Crippen molar-refractivity contribution in [2.24, 2.45) is 0 Å². The lowest BCUT2D eigenvalue weighted by molar-refractivity contribution is 0.0696. The highest BCUT2D eigenvalue weighted by Gasteiger charge is 2.18. The summed E-state index contributed by atoms with van der Waals surface area (Å²) >= 11 is 0. The zero-order valence-electron chi connectivity index (χ0n) is 20.2. The van der Waals surface area contributed by atoms with Gasteiger partial charge >= 0.3 is 0 Å².